The molecular formula is C23H34N4O5. The molecule has 1 aliphatic rings. The van der Waals surface area contributed by atoms with Crippen LogP contribution in [-0.2, 0) is 14.4 Å². The van der Waals surface area contributed by atoms with Crippen molar-refractivity contribution in [1.82, 2.24) is 10.6 Å². The number of hydrogen-bond donors (Lipinski definition) is 4. The van der Waals surface area contributed by atoms with Crippen LogP contribution >= 0.6 is 0 Å². The van der Waals surface area contributed by atoms with Gasteiger partial charge in [0.05, 0.1) is 11.4 Å². The molecule has 9 heteroatoms. The number of fused-ring (bicyclic) bond motifs is 1. The number of carbonyl (C=O) groups is 4. The smallest absolute Gasteiger partial charge is 0.326 e. The number of para-hydroxylation sites is 2. The standard InChI is InChI=1S/C23H34N4O5/c1-12(2)11-16(22(30)31)25-20(28)18(13(3)4)26-23(32)27-17-10-8-7-9-15(17)24-21(29)19(27)14(5)6/h7-10,12-14,16,18-19H,11H2,1-6H3,(H,24,29)(H,25,28)(H,26,32)(H,30,31)/t16-,18-,19+/m1/s1. The minimum Gasteiger partial charge on any atom is -0.480 e. The molecule has 0 saturated heterocycles. The van der Waals surface area contributed by atoms with Gasteiger partial charge in [-0.25, -0.2) is 9.59 Å². The number of rotatable bonds is 8. The first-order valence-electron chi connectivity index (χ1n) is 11.0. The molecule has 1 aromatic carbocycles. The van der Waals surface area contributed by atoms with Crippen LogP contribution in [0.2, 0.25) is 0 Å². The van der Waals surface area contributed by atoms with Crippen molar-refractivity contribution in [3.8, 4) is 0 Å². The van der Waals surface area contributed by atoms with Gasteiger partial charge in [-0.3, -0.25) is 14.5 Å². The Hall–Kier alpha value is -3.10. The second kappa shape index (κ2) is 10.5. The highest BCUT2D eigenvalue weighted by atomic mass is 16.4. The van der Waals surface area contributed by atoms with E-state index < -0.39 is 36.0 Å². The Labute approximate surface area is 188 Å². The molecule has 1 heterocycles. The highest BCUT2D eigenvalue weighted by Gasteiger charge is 2.40. The monoisotopic (exact) mass is 446 g/mol. The topological polar surface area (TPSA) is 128 Å². The van der Waals surface area contributed by atoms with Crippen LogP contribution in [0, 0.1) is 17.8 Å². The minimum atomic E-state index is -1.12. The minimum absolute atomic E-state index is 0.0682. The van der Waals surface area contributed by atoms with Crippen LogP contribution in [0.4, 0.5) is 16.2 Å². The van der Waals surface area contributed by atoms with E-state index in [1.54, 1.807) is 38.1 Å². The Morgan fingerprint density at radius 3 is 2.22 bits per heavy atom. The summed E-state index contributed by atoms with van der Waals surface area (Å²) in [7, 11) is 0. The van der Waals surface area contributed by atoms with Gasteiger partial charge in [0, 0.05) is 0 Å². The normalized spacial score (nSPS) is 17.6. The van der Waals surface area contributed by atoms with Crippen molar-refractivity contribution < 1.29 is 24.3 Å². The Morgan fingerprint density at radius 2 is 1.69 bits per heavy atom. The average molecular weight is 447 g/mol. The summed E-state index contributed by atoms with van der Waals surface area (Å²) in [5, 5.41) is 17.6. The lowest BCUT2D eigenvalue weighted by atomic mass is 9.97. The molecular weight excluding hydrogens is 412 g/mol. The lowest BCUT2D eigenvalue weighted by molar-refractivity contribution is -0.142. The maximum absolute atomic E-state index is 13.4. The van der Waals surface area contributed by atoms with Gasteiger partial charge in [-0.15, -0.1) is 0 Å². The molecule has 32 heavy (non-hydrogen) atoms. The Morgan fingerprint density at radius 1 is 1.06 bits per heavy atom. The molecule has 0 fully saturated rings. The Bertz CT molecular complexity index is 868. The number of carbonyl (C=O) groups excluding carboxylic acids is 3. The number of aliphatic carboxylic acids is 1. The SMILES string of the molecule is CC(C)C[C@@H](NC(=O)[C@H](NC(=O)N1c2ccccc2NC(=O)[C@@H]1C(C)C)C(C)C)C(=O)O. The Balaban J connectivity index is 2.30. The number of carboxylic acids is 1. The van der Waals surface area contributed by atoms with Crippen LogP contribution in [-0.4, -0.2) is 47.0 Å². The largest absolute Gasteiger partial charge is 0.480 e. The molecule has 1 aliphatic heterocycles. The fourth-order valence-corrected chi connectivity index (χ4v) is 3.79. The van der Waals surface area contributed by atoms with Crippen molar-refractivity contribution in [3.05, 3.63) is 24.3 Å². The van der Waals surface area contributed by atoms with Crippen molar-refractivity contribution in [2.75, 3.05) is 10.2 Å². The molecule has 176 valence electrons. The van der Waals surface area contributed by atoms with Crippen LogP contribution in [0.25, 0.3) is 0 Å². The second-order valence-corrected chi connectivity index (χ2v) is 9.27. The highest BCUT2D eigenvalue weighted by Crippen LogP contribution is 2.34. The summed E-state index contributed by atoms with van der Waals surface area (Å²) in [6.07, 6.45) is 0.273. The number of nitrogens with zero attached hydrogens (tertiary/aromatic N) is 1. The van der Waals surface area contributed by atoms with Crippen molar-refractivity contribution in [2.45, 2.75) is 66.1 Å². The molecule has 1 aromatic rings. The van der Waals surface area contributed by atoms with Crippen molar-refractivity contribution in [2.24, 2.45) is 17.8 Å². The summed E-state index contributed by atoms with van der Waals surface area (Å²) in [4.78, 5) is 52.0. The number of urea groups is 1. The van der Waals surface area contributed by atoms with Gasteiger partial charge in [0.25, 0.3) is 0 Å². The van der Waals surface area contributed by atoms with E-state index in [4.69, 9.17) is 0 Å². The molecule has 3 atom stereocenters. The van der Waals surface area contributed by atoms with E-state index in [9.17, 15) is 24.3 Å². The van der Waals surface area contributed by atoms with Gasteiger partial charge in [-0.05, 0) is 36.3 Å². The van der Waals surface area contributed by atoms with E-state index in [1.165, 1.54) is 4.90 Å². The van der Waals surface area contributed by atoms with Gasteiger partial charge >= 0.3 is 12.0 Å². The van der Waals surface area contributed by atoms with Crippen molar-refractivity contribution in [1.29, 1.82) is 0 Å². The maximum atomic E-state index is 13.4. The van der Waals surface area contributed by atoms with Crippen LogP contribution in [0.1, 0.15) is 48.0 Å². The fraction of sp³-hybridized carbons (Fsp3) is 0.565. The number of benzene rings is 1. The molecule has 0 unspecified atom stereocenters. The summed E-state index contributed by atoms with van der Waals surface area (Å²) in [6.45, 7) is 10.9. The van der Waals surface area contributed by atoms with Crippen LogP contribution in [0.15, 0.2) is 24.3 Å². The van der Waals surface area contributed by atoms with Crippen LogP contribution in [0.3, 0.4) is 0 Å². The molecule has 0 radical (unpaired) electrons. The lowest BCUT2D eigenvalue weighted by Gasteiger charge is -2.39. The third kappa shape index (κ3) is 5.77. The summed E-state index contributed by atoms with van der Waals surface area (Å²) < 4.78 is 0. The second-order valence-electron chi connectivity index (χ2n) is 9.27. The van der Waals surface area contributed by atoms with Gasteiger partial charge in [0.15, 0.2) is 0 Å². The zero-order chi connectivity index (χ0) is 24.2. The first kappa shape index (κ1) is 25.2. The van der Waals surface area contributed by atoms with Gasteiger partial charge < -0.3 is 21.1 Å². The lowest BCUT2D eigenvalue weighted by Crippen LogP contribution is -2.61. The Kier molecular flexibility index (Phi) is 8.24. The summed E-state index contributed by atoms with van der Waals surface area (Å²) in [5.41, 5.74) is 1.05. The number of anilines is 2. The van der Waals surface area contributed by atoms with Gasteiger partial charge in [0.1, 0.15) is 18.1 Å². The van der Waals surface area contributed by atoms with E-state index in [2.05, 4.69) is 16.0 Å². The molecule has 0 bridgehead atoms. The average Bonchev–Trinajstić information content (AvgIpc) is 2.69. The van der Waals surface area contributed by atoms with E-state index in [-0.39, 0.29) is 30.1 Å². The number of amides is 4. The van der Waals surface area contributed by atoms with Crippen LogP contribution < -0.4 is 20.9 Å². The highest BCUT2D eigenvalue weighted by molar-refractivity contribution is 6.12. The third-order valence-corrected chi connectivity index (χ3v) is 5.37. The van der Waals surface area contributed by atoms with Gasteiger partial charge in [-0.2, -0.15) is 0 Å². The summed E-state index contributed by atoms with van der Waals surface area (Å²) in [6, 6.07) is 3.60. The number of nitrogens with one attached hydrogen (secondary N) is 3. The molecule has 2 rings (SSSR count). The zero-order valence-corrected chi connectivity index (χ0v) is 19.5. The number of hydrogen-bond acceptors (Lipinski definition) is 4. The molecule has 4 N–H and O–H groups in total. The van der Waals surface area contributed by atoms with E-state index in [1.807, 2.05) is 27.7 Å². The van der Waals surface area contributed by atoms with Crippen molar-refractivity contribution in [3.63, 3.8) is 0 Å². The maximum Gasteiger partial charge on any atom is 0.326 e. The fourth-order valence-electron chi connectivity index (χ4n) is 3.79. The first-order valence-corrected chi connectivity index (χ1v) is 11.0. The quantitative estimate of drug-likeness (QED) is 0.488. The van der Waals surface area contributed by atoms with E-state index in [0.29, 0.717) is 11.4 Å². The molecule has 0 aliphatic carbocycles. The molecule has 0 saturated carbocycles. The van der Waals surface area contributed by atoms with Crippen LogP contribution in [0.5, 0.6) is 0 Å². The van der Waals surface area contributed by atoms with Gasteiger partial charge in [0.2, 0.25) is 11.8 Å². The molecule has 0 aromatic heterocycles. The molecule has 4 amide bonds. The molecule has 9 nitrogen and oxygen atoms in total. The van der Waals surface area contributed by atoms with E-state index >= 15 is 0 Å². The number of carboxylic acid groups (broad SMARTS) is 1. The zero-order valence-electron chi connectivity index (χ0n) is 19.5. The summed E-state index contributed by atoms with van der Waals surface area (Å²) in [5.74, 6) is -2.41. The van der Waals surface area contributed by atoms with Gasteiger partial charge in [-0.1, -0.05) is 53.7 Å². The van der Waals surface area contributed by atoms with Crippen molar-refractivity contribution >= 4 is 35.2 Å². The third-order valence-electron chi connectivity index (χ3n) is 5.37. The first-order chi connectivity index (χ1) is 14.9. The predicted molar refractivity (Wildman–Crippen MR) is 122 cm³/mol. The van der Waals surface area contributed by atoms with E-state index in [0.717, 1.165) is 0 Å². The molecule has 0 spiro atoms. The predicted octanol–water partition coefficient (Wildman–Crippen LogP) is 2.82. The summed E-state index contributed by atoms with van der Waals surface area (Å²) >= 11 is 0.